The minimum atomic E-state index is -1.93. The first-order chi connectivity index (χ1) is 13.6. The molecule has 0 saturated heterocycles. The van der Waals surface area contributed by atoms with Crippen LogP contribution in [0.15, 0.2) is 42.5 Å². The number of anilines is 1. The number of hydrogen-bond donors (Lipinski definition) is 3. The molecule has 0 bridgehead atoms. The highest BCUT2D eigenvalue weighted by atomic mass is 35.6. The number of hydrogen-bond acceptors (Lipinski definition) is 4. The maximum atomic E-state index is 13.0. The van der Waals surface area contributed by atoms with Gasteiger partial charge in [-0.15, -0.1) is 0 Å². The van der Waals surface area contributed by atoms with E-state index >= 15 is 0 Å². The first-order valence-electron chi connectivity index (χ1n) is 8.06. The van der Waals surface area contributed by atoms with Gasteiger partial charge in [0, 0.05) is 11.3 Å². The van der Waals surface area contributed by atoms with Crippen LogP contribution in [0.25, 0.3) is 0 Å². The number of alkyl halides is 3. The van der Waals surface area contributed by atoms with Gasteiger partial charge in [-0.05, 0) is 54.7 Å². The van der Waals surface area contributed by atoms with Crippen LogP contribution < -0.4 is 25.4 Å². The molecule has 0 fully saturated rings. The van der Waals surface area contributed by atoms with Gasteiger partial charge in [0.15, 0.2) is 16.6 Å². The van der Waals surface area contributed by atoms with Crippen LogP contribution in [0.3, 0.4) is 0 Å². The van der Waals surface area contributed by atoms with Gasteiger partial charge in [-0.3, -0.25) is 4.79 Å². The van der Waals surface area contributed by atoms with Crippen molar-refractivity contribution in [3.63, 3.8) is 0 Å². The second-order valence-electron chi connectivity index (χ2n) is 5.62. The Morgan fingerprint density at radius 3 is 2.21 bits per heavy atom. The highest BCUT2D eigenvalue weighted by Crippen LogP contribution is 2.30. The van der Waals surface area contributed by atoms with Gasteiger partial charge in [-0.2, -0.15) is 0 Å². The van der Waals surface area contributed by atoms with Gasteiger partial charge in [-0.25, -0.2) is 4.39 Å². The lowest BCUT2D eigenvalue weighted by molar-refractivity contribution is 0.0934. The van der Waals surface area contributed by atoms with Crippen LogP contribution >= 0.6 is 47.0 Å². The second-order valence-corrected chi connectivity index (χ2v) is 8.40. The van der Waals surface area contributed by atoms with E-state index in [1.165, 1.54) is 50.6 Å². The topological polar surface area (TPSA) is 71.6 Å². The molecule has 11 heteroatoms. The van der Waals surface area contributed by atoms with Gasteiger partial charge in [0.05, 0.1) is 14.2 Å². The molecule has 1 atom stereocenters. The highest BCUT2D eigenvalue weighted by Gasteiger charge is 2.35. The molecule has 156 valence electrons. The molecule has 0 saturated carbocycles. The van der Waals surface area contributed by atoms with Gasteiger partial charge < -0.3 is 25.4 Å². The zero-order chi connectivity index (χ0) is 21.6. The van der Waals surface area contributed by atoms with E-state index in [1.54, 1.807) is 6.07 Å². The van der Waals surface area contributed by atoms with E-state index in [1.807, 2.05) is 0 Å². The maximum Gasteiger partial charge on any atom is 0.253 e. The SMILES string of the molecule is COc1ccc(C(=O)NC(NC(=S)Nc2ccc(F)cc2)C(Cl)(Cl)Cl)cc1OC. The van der Waals surface area contributed by atoms with Crippen LogP contribution in [0.4, 0.5) is 10.1 Å². The summed E-state index contributed by atoms with van der Waals surface area (Å²) in [5, 5.41) is 8.14. The normalized spacial score (nSPS) is 11.9. The van der Waals surface area contributed by atoms with E-state index in [0.29, 0.717) is 17.2 Å². The summed E-state index contributed by atoms with van der Waals surface area (Å²) < 4.78 is 21.4. The molecule has 2 rings (SSSR count). The smallest absolute Gasteiger partial charge is 0.253 e. The molecule has 3 N–H and O–H groups in total. The molecule has 1 unspecified atom stereocenters. The number of benzene rings is 2. The number of carbonyl (C=O) groups excluding carboxylic acids is 1. The number of rotatable bonds is 6. The molecule has 29 heavy (non-hydrogen) atoms. The summed E-state index contributed by atoms with van der Waals surface area (Å²) in [6.45, 7) is 0. The van der Waals surface area contributed by atoms with E-state index in [0.717, 1.165) is 0 Å². The van der Waals surface area contributed by atoms with Crippen LogP contribution in [0, 0.1) is 5.82 Å². The molecule has 0 heterocycles. The van der Waals surface area contributed by atoms with Gasteiger partial charge in [0.25, 0.3) is 5.91 Å². The number of nitrogens with one attached hydrogen (secondary N) is 3. The third-order valence-corrected chi connectivity index (χ3v) is 4.50. The second kappa shape index (κ2) is 10.2. The summed E-state index contributed by atoms with van der Waals surface area (Å²) in [6.07, 6.45) is -1.17. The predicted octanol–water partition coefficient (Wildman–Crippen LogP) is 4.26. The predicted molar refractivity (Wildman–Crippen MR) is 117 cm³/mol. The molecular formula is C18H17Cl3FN3O3S. The lowest BCUT2D eigenvalue weighted by atomic mass is 10.2. The largest absolute Gasteiger partial charge is 0.493 e. The fraction of sp³-hybridized carbons (Fsp3) is 0.222. The first-order valence-corrected chi connectivity index (χ1v) is 9.61. The summed E-state index contributed by atoms with van der Waals surface area (Å²) in [4.78, 5) is 12.6. The zero-order valence-corrected chi connectivity index (χ0v) is 18.3. The van der Waals surface area contributed by atoms with Crippen molar-refractivity contribution >= 4 is 63.7 Å². The summed E-state index contributed by atoms with van der Waals surface area (Å²) >= 11 is 23.1. The first kappa shape index (κ1) is 23.3. The van der Waals surface area contributed by atoms with E-state index in [9.17, 15) is 9.18 Å². The molecule has 0 aromatic heterocycles. The Kier molecular flexibility index (Phi) is 8.15. The van der Waals surface area contributed by atoms with Crippen molar-refractivity contribution < 1.29 is 18.7 Å². The summed E-state index contributed by atoms with van der Waals surface area (Å²) in [6, 6.07) is 10.1. The van der Waals surface area contributed by atoms with Crippen LogP contribution in [0.2, 0.25) is 0 Å². The number of thiocarbonyl (C=S) groups is 1. The average molecular weight is 481 g/mol. The number of methoxy groups -OCH3 is 2. The van der Waals surface area contributed by atoms with Crippen LogP contribution in [-0.2, 0) is 0 Å². The molecule has 0 aliphatic heterocycles. The molecule has 1 amide bonds. The van der Waals surface area contributed by atoms with E-state index in [2.05, 4.69) is 16.0 Å². The van der Waals surface area contributed by atoms with Crippen molar-refractivity contribution in [2.45, 2.75) is 9.96 Å². The minimum absolute atomic E-state index is 0.0561. The Hall–Kier alpha value is -2.00. The molecule has 6 nitrogen and oxygen atoms in total. The number of carbonyl (C=O) groups is 1. The Morgan fingerprint density at radius 2 is 1.66 bits per heavy atom. The lowest BCUT2D eigenvalue weighted by Crippen LogP contribution is -2.56. The van der Waals surface area contributed by atoms with E-state index in [-0.39, 0.29) is 10.7 Å². The number of ether oxygens (including phenoxy) is 2. The van der Waals surface area contributed by atoms with Crippen molar-refractivity contribution in [2.75, 3.05) is 19.5 Å². The van der Waals surface area contributed by atoms with Gasteiger partial charge >= 0.3 is 0 Å². The molecule has 0 aliphatic carbocycles. The molecular weight excluding hydrogens is 464 g/mol. The van der Waals surface area contributed by atoms with Crippen LogP contribution in [-0.4, -0.2) is 35.2 Å². The van der Waals surface area contributed by atoms with Crippen molar-refractivity contribution in [3.8, 4) is 11.5 Å². The van der Waals surface area contributed by atoms with Gasteiger partial charge in [0.1, 0.15) is 12.0 Å². The third kappa shape index (κ3) is 6.78. The number of amides is 1. The van der Waals surface area contributed by atoms with Crippen LogP contribution in [0.1, 0.15) is 10.4 Å². The molecule has 0 spiro atoms. The van der Waals surface area contributed by atoms with Gasteiger partial charge in [-0.1, -0.05) is 34.8 Å². The average Bonchev–Trinajstić information content (AvgIpc) is 2.67. The molecule has 2 aromatic rings. The minimum Gasteiger partial charge on any atom is -0.493 e. The molecule has 0 radical (unpaired) electrons. The van der Waals surface area contributed by atoms with E-state index in [4.69, 9.17) is 56.5 Å². The van der Waals surface area contributed by atoms with Crippen LogP contribution in [0.5, 0.6) is 11.5 Å². The van der Waals surface area contributed by atoms with Gasteiger partial charge in [0.2, 0.25) is 3.79 Å². The Labute approximate surface area is 187 Å². The van der Waals surface area contributed by atoms with Crippen molar-refractivity contribution in [1.82, 2.24) is 10.6 Å². The molecule has 2 aromatic carbocycles. The van der Waals surface area contributed by atoms with Crippen molar-refractivity contribution in [2.24, 2.45) is 0 Å². The maximum absolute atomic E-state index is 13.0. The summed E-state index contributed by atoms with van der Waals surface area (Å²) in [7, 11) is 2.93. The van der Waals surface area contributed by atoms with Crippen molar-refractivity contribution in [3.05, 3.63) is 53.8 Å². The summed E-state index contributed by atoms with van der Waals surface area (Å²) in [5.41, 5.74) is 0.763. The van der Waals surface area contributed by atoms with E-state index < -0.39 is 21.7 Å². The standard InChI is InChI=1S/C18H17Cl3FN3O3S/c1-27-13-8-3-10(9-14(13)28-2)15(26)24-16(18(19,20)21)25-17(29)23-12-6-4-11(22)5-7-12/h3-9,16H,1-2H3,(H,24,26)(H2,23,25,29). The zero-order valence-electron chi connectivity index (χ0n) is 15.3. The Bertz CT molecular complexity index is 879. The molecule has 0 aliphatic rings. The fourth-order valence-corrected chi connectivity index (χ4v) is 2.79. The Balaban J connectivity index is 2.11. The lowest BCUT2D eigenvalue weighted by Gasteiger charge is -2.28. The Morgan fingerprint density at radius 1 is 1.03 bits per heavy atom. The van der Waals surface area contributed by atoms with Crippen molar-refractivity contribution in [1.29, 1.82) is 0 Å². The quantitative estimate of drug-likeness (QED) is 0.326. The number of halogens is 4. The summed E-state index contributed by atoms with van der Waals surface area (Å²) in [5.74, 6) is -0.105. The highest BCUT2D eigenvalue weighted by molar-refractivity contribution is 7.80. The fourth-order valence-electron chi connectivity index (χ4n) is 2.22. The monoisotopic (exact) mass is 479 g/mol. The third-order valence-electron chi connectivity index (χ3n) is 3.63.